The van der Waals surface area contributed by atoms with E-state index >= 15 is 0 Å². The highest BCUT2D eigenvalue weighted by atomic mass is 79.9. The number of hydrogen-bond donors (Lipinski definition) is 2. The molecule has 1 aliphatic heterocycles. The first-order valence-electron chi connectivity index (χ1n) is 5.67. The molecule has 2 N–H and O–H groups in total. The lowest BCUT2D eigenvalue weighted by Gasteiger charge is -2.13. The third kappa shape index (κ3) is 2.15. The number of rotatable bonds is 1. The lowest BCUT2D eigenvalue weighted by molar-refractivity contribution is 0.464. The molecule has 0 amide bonds. The summed E-state index contributed by atoms with van der Waals surface area (Å²) in [4.78, 5) is 0. The van der Waals surface area contributed by atoms with Gasteiger partial charge >= 0.3 is 0 Å². The van der Waals surface area contributed by atoms with Crippen LogP contribution in [-0.4, -0.2) is 5.11 Å². The third-order valence-corrected chi connectivity index (χ3v) is 4.18. The molecule has 1 aliphatic rings. The molecule has 0 saturated carbocycles. The van der Waals surface area contributed by atoms with E-state index in [1.165, 1.54) is 5.56 Å². The van der Waals surface area contributed by atoms with Crippen LogP contribution >= 0.6 is 31.9 Å². The van der Waals surface area contributed by atoms with Crippen LogP contribution in [0.2, 0.25) is 0 Å². The molecule has 92 valence electrons. The number of aromatic hydroxyl groups is 1. The number of phenolic OH excluding ortho intramolecular Hbond substituents is 1. The van der Waals surface area contributed by atoms with Crippen LogP contribution in [0.3, 0.4) is 0 Å². The quantitative estimate of drug-likeness (QED) is 0.769. The maximum atomic E-state index is 10.0. The van der Waals surface area contributed by atoms with Crippen LogP contribution in [0.5, 0.6) is 5.75 Å². The number of benzene rings is 2. The SMILES string of the molecule is Oc1cc(Br)ccc1C1Cc2cc(Br)ccc2N1. The molecular formula is C14H11Br2NO. The first-order valence-corrected chi connectivity index (χ1v) is 7.25. The maximum Gasteiger partial charge on any atom is 0.121 e. The lowest BCUT2D eigenvalue weighted by Crippen LogP contribution is -2.05. The van der Waals surface area contributed by atoms with Gasteiger partial charge in [0.2, 0.25) is 0 Å². The van der Waals surface area contributed by atoms with E-state index in [1.807, 2.05) is 18.2 Å². The fourth-order valence-corrected chi connectivity index (χ4v) is 3.09. The molecule has 0 fully saturated rings. The summed E-state index contributed by atoms with van der Waals surface area (Å²) < 4.78 is 1.98. The van der Waals surface area contributed by atoms with Gasteiger partial charge in [0.05, 0.1) is 6.04 Å². The first-order chi connectivity index (χ1) is 8.63. The van der Waals surface area contributed by atoms with Gasteiger partial charge in [-0.05, 0) is 42.3 Å². The minimum absolute atomic E-state index is 0.141. The van der Waals surface area contributed by atoms with E-state index < -0.39 is 0 Å². The molecule has 0 aliphatic carbocycles. The Balaban J connectivity index is 1.93. The van der Waals surface area contributed by atoms with Gasteiger partial charge < -0.3 is 10.4 Å². The molecule has 2 nitrogen and oxygen atoms in total. The average Bonchev–Trinajstić information content (AvgIpc) is 2.71. The molecule has 3 rings (SSSR count). The highest BCUT2D eigenvalue weighted by Gasteiger charge is 2.24. The van der Waals surface area contributed by atoms with Crippen molar-refractivity contribution in [2.24, 2.45) is 0 Å². The summed E-state index contributed by atoms with van der Waals surface area (Å²) in [5, 5.41) is 13.4. The summed E-state index contributed by atoms with van der Waals surface area (Å²) in [7, 11) is 0. The number of phenols is 1. The second-order valence-electron chi connectivity index (χ2n) is 4.41. The van der Waals surface area contributed by atoms with Gasteiger partial charge in [-0.25, -0.2) is 0 Å². The molecule has 1 unspecified atom stereocenters. The Bertz CT molecular complexity index is 613. The Morgan fingerprint density at radius 2 is 1.78 bits per heavy atom. The molecule has 0 radical (unpaired) electrons. The van der Waals surface area contributed by atoms with Crippen molar-refractivity contribution in [3.05, 3.63) is 56.5 Å². The van der Waals surface area contributed by atoms with Gasteiger partial charge in [0.1, 0.15) is 5.75 Å². The van der Waals surface area contributed by atoms with Crippen LogP contribution in [0.25, 0.3) is 0 Å². The first kappa shape index (κ1) is 12.1. The summed E-state index contributed by atoms with van der Waals surface area (Å²) in [6.07, 6.45) is 0.893. The van der Waals surface area contributed by atoms with Crippen LogP contribution in [0.4, 0.5) is 5.69 Å². The Morgan fingerprint density at radius 1 is 1.06 bits per heavy atom. The second kappa shape index (κ2) is 4.59. The monoisotopic (exact) mass is 367 g/mol. The van der Waals surface area contributed by atoms with Gasteiger partial charge in [-0.2, -0.15) is 0 Å². The van der Waals surface area contributed by atoms with E-state index in [2.05, 4.69) is 49.3 Å². The average molecular weight is 369 g/mol. The van der Waals surface area contributed by atoms with Gasteiger partial charge in [0.25, 0.3) is 0 Å². The molecule has 4 heteroatoms. The highest BCUT2D eigenvalue weighted by Crippen LogP contribution is 2.39. The largest absolute Gasteiger partial charge is 0.508 e. The number of halogens is 2. The van der Waals surface area contributed by atoms with Gasteiger partial charge in [0, 0.05) is 20.2 Å². The van der Waals surface area contributed by atoms with Gasteiger partial charge in [-0.3, -0.25) is 0 Å². The van der Waals surface area contributed by atoms with Crippen molar-refractivity contribution in [2.75, 3.05) is 5.32 Å². The molecular weight excluding hydrogens is 358 g/mol. The van der Waals surface area contributed by atoms with E-state index in [4.69, 9.17) is 0 Å². The van der Waals surface area contributed by atoms with Crippen molar-refractivity contribution in [3.8, 4) is 5.75 Å². The van der Waals surface area contributed by atoms with Crippen LogP contribution in [-0.2, 0) is 6.42 Å². The van der Waals surface area contributed by atoms with Crippen LogP contribution < -0.4 is 5.32 Å². The Labute approximate surface area is 122 Å². The molecule has 1 atom stereocenters. The predicted octanol–water partition coefficient (Wildman–Crippen LogP) is 4.63. The lowest BCUT2D eigenvalue weighted by atomic mass is 10.0. The van der Waals surface area contributed by atoms with Crippen molar-refractivity contribution in [2.45, 2.75) is 12.5 Å². The van der Waals surface area contributed by atoms with Crippen molar-refractivity contribution >= 4 is 37.5 Å². The number of nitrogens with one attached hydrogen (secondary N) is 1. The molecule has 2 aromatic carbocycles. The molecule has 1 heterocycles. The van der Waals surface area contributed by atoms with Crippen molar-refractivity contribution in [1.29, 1.82) is 0 Å². The van der Waals surface area contributed by atoms with Gasteiger partial charge in [0.15, 0.2) is 0 Å². The standard InChI is InChI=1S/C14H11Br2NO/c15-9-2-4-12-8(5-9)6-13(17-12)11-3-1-10(16)7-14(11)18/h1-5,7,13,17-18H,6H2. The number of fused-ring (bicyclic) bond motifs is 1. The molecule has 0 spiro atoms. The third-order valence-electron chi connectivity index (χ3n) is 3.19. The van der Waals surface area contributed by atoms with Crippen molar-refractivity contribution in [3.63, 3.8) is 0 Å². The second-order valence-corrected chi connectivity index (χ2v) is 6.24. The fraction of sp³-hybridized carbons (Fsp3) is 0.143. The molecule has 18 heavy (non-hydrogen) atoms. The fourth-order valence-electron chi connectivity index (χ4n) is 2.33. The Kier molecular flexibility index (Phi) is 3.08. The van der Waals surface area contributed by atoms with E-state index in [9.17, 15) is 5.11 Å². The highest BCUT2D eigenvalue weighted by molar-refractivity contribution is 9.10. The molecule has 0 bridgehead atoms. The van der Waals surface area contributed by atoms with Gasteiger partial charge in [-0.1, -0.05) is 37.9 Å². The normalized spacial score (nSPS) is 17.3. The van der Waals surface area contributed by atoms with Crippen molar-refractivity contribution in [1.82, 2.24) is 0 Å². The summed E-state index contributed by atoms with van der Waals surface area (Å²) in [5.41, 5.74) is 3.35. The molecule has 0 saturated heterocycles. The minimum Gasteiger partial charge on any atom is -0.508 e. The maximum absolute atomic E-state index is 10.0. The molecule has 2 aromatic rings. The number of hydrogen-bond acceptors (Lipinski definition) is 2. The van der Waals surface area contributed by atoms with E-state index in [-0.39, 0.29) is 6.04 Å². The van der Waals surface area contributed by atoms with Crippen molar-refractivity contribution < 1.29 is 5.11 Å². The Morgan fingerprint density at radius 3 is 2.56 bits per heavy atom. The van der Waals surface area contributed by atoms with Crippen LogP contribution in [0.15, 0.2) is 45.3 Å². The topological polar surface area (TPSA) is 32.3 Å². The van der Waals surface area contributed by atoms with Crippen LogP contribution in [0, 0.1) is 0 Å². The van der Waals surface area contributed by atoms with Gasteiger partial charge in [-0.15, -0.1) is 0 Å². The van der Waals surface area contributed by atoms with Crippen LogP contribution in [0.1, 0.15) is 17.2 Å². The number of anilines is 1. The summed E-state index contributed by atoms with van der Waals surface area (Å²) in [6.45, 7) is 0. The zero-order chi connectivity index (χ0) is 12.7. The summed E-state index contributed by atoms with van der Waals surface area (Å²) in [6, 6.07) is 12.0. The zero-order valence-electron chi connectivity index (χ0n) is 9.45. The predicted molar refractivity (Wildman–Crippen MR) is 80.0 cm³/mol. The minimum atomic E-state index is 0.141. The summed E-state index contributed by atoms with van der Waals surface area (Å²) in [5.74, 6) is 0.328. The smallest absolute Gasteiger partial charge is 0.121 e. The van der Waals surface area contributed by atoms with E-state index in [0.717, 1.165) is 26.6 Å². The zero-order valence-corrected chi connectivity index (χ0v) is 12.6. The van der Waals surface area contributed by atoms with E-state index in [1.54, 1.807) is 6.07 Å². The molecule has 0 aromatic heterocycles. The van der Waals surface area contributed by atoms with E-state index in [0.29, 0.717) is 5.75 Å². The summed E-state index contributed by atoms with van der Waals surface area (Å²) >= 11 is 6.84. The Hall–Kier alpha value is -1.00.